The highest BCUT2D eigenvalue weighted by Crippen LogP contribution is 2.29. The fourth-order valence-corrected chi connectivity index (χ4v) is 2.62. The van der Waals surface area contributed by atoms with Crippen LogP contribution in [0.25, 0.3) is 0 Å². The maximum Gasteiger partial charge on any atom is 0.414 e. The van der Waals surface area contributed by atoms with Crippen LogP contribution in [0.2, 0.25) is 0 Å². The van der Waals surface area contributed by atoms with E-state index in [9.17, 15) is 14.3 Å². The normalized spacial score (nSPS) is 22.6. The summed E-state index contributed by atoms with van der Waals surface area (Å²) in [7, 11) is 0. The van der Waals surface area contributed by atoms with Crippen LogP contribution in [0.15, 0.2) is 18.2 Å². The van der Waals surface area contributed by atoms with Gasteiger partial charge >= 0.3 is 6.09 Å². The lowest BCUT2D eigenvalue weighted by molar-refractivity contribution is 0.122. The molecular formula is C14H17FN2O4. The Hall–Kier alpha value is -1.86. The van der Waals surface area contributed by atoms with E-state index >= 15 is 0 Å². The van der Waals surface area contributed by atoms with Crippen LogP contribution in [0.3, 0.4) is 0 Å². The number of aliphatic hydroxyl groups is 1. The van der Waals surface area contributed by atoms with Gasteiger partial charge in [-0.05, 0) is 18.2 Å². The lowest BCUT2D eigenvalue weighted by Crippen LogP contribution is -2.37. The molecule has 1 aromatic carbocycles. The number of aliphatic hydroxyl groups excluding tert-OH is 1. The second-order valence-electron chi connectivity index (χ2n) is 5.02. The summed E-state index contributed by atoms with van der Waals surface area (Å²) in [5.41, 5.74) is 0.890. The van der Waals surface area contributed by atoms with Crippen molar-refractivity contribution in [2.75, 3.05) is 49.3 Å². The van der Waals surface area contributed by atoms with E-state index in [-0.39, 0.29) is 13.2 Å². The van der Waals surface area contributed by atoms with Gasteiger partial charge in [0.2, 0.25) is 0 Å². The first-order chi connectivity index (χ1) is 10.2. The smallest absolute Gasteiger partial charge is 0.414 e. The van der Waals surface area contributed by atoms with Crippen LogP contribution < -0.4 is 9.80 Å². The van der Waals surface area contributed by atoms with Crippen molar-refractivity contribution in [2.24, 2.45) is 0 Å². The minimum Gasteiger partial charge on any atom is -0.447 e. The summed E-state index contributed by atoms with van der Waals surface area (Å²) in [6.45, 7) is 2.32. The Kier molecular flexibility index (Phi) is 3.94. The highest BCUT2D eigenvalue weighted by Gasteiger charge is 2.34. The number of carbonyl (C=O) groups is 1. The van der Waals surface area contributed by atoms with E-state index in [1.807, 2.05) is 4.90 Å². The average molecular weight is 296 g/mol. The summed E-state index contributed by atoms with van der Waals surface area (Å²) < 4.78 is 24.5. The van der Waals surface area contributed by atoms with E-state index in [2.05, 4.69) is 0 Å². The first kappa shape index (κ1) is 14.1. The largest absolute Gasteiger partial charge is 0.447 e. The predicted octanol–water partition coefficient (Wildman–Crippen LogP) is 0.980. The molecule has 2 aliphatic rings. The van der Waals surface area contributed by atoms with Crippen molar-refractivity contribution in [2.45, 2.75) is 6.04 Å². The molecule has 2 fully saturated rings. The number of nitrogens with zero attached hydrogens (tertiary/aromatic N) is 2. The van der Waals surface area contributed by atoms with Gasteiger partial charge in [0.05, 0.1) is 37.2 Å². The summed E-state index contributed by atoms with van der Waals surface area (Å²) in [6, 6.07) is 4.16. The molecule has 6 nitrogen and oxygen atoms in total. The molecule has 2 saturated heterocycles. The van der Waals surface area contributed by atoms with Gasteiger partial charge in [-0.1, -0.05) is 0 Å². The molecule has 2 heterocycles. The first-order valence-corrected chi connectivity index (χ1v) is 6.90. The second kappa shape index (κ2) is 5.87. The molecule has 1 atom stereocenters. The number of benzene rings is 1. The summed E-state index contributed by atoms with van der Waals surface area (Å²) in [5, 5.41) is 9.25. The molecular weight excluding hydrogens is 279 g/mol. The first-order valence-electron chi connectivity index (χ1n) is 6.90. The highest BCUT2D eigenvalue weighted by atomic mass is 19.1. The number of ether oxygens (including phenoxy) is 2. The number of carbonyl (C=O) groups excluding carboxylic acids is 1. The highest BCUT2D eigenvalue weighted by molar-refractivity contribution is 5.90. The van der Waals surface area contributed by atoms with Crippen LogP contribution in [0.4, 0.5) is 20.6 Å². The average Bonchev–Trinajstić information content (AvgIpc) is 2.89. The molecule has 114 valence electrons. The Bertz CT molecular complexity index is 534. The summed E-state index contributed by atoms with van der Waals surface area (Å²) in [4.78, 5) is 14.9. The van der Waals surface area contributed by atoms with E-state index in [1.165, 1.54) is 11.0 Å². The van der Waals surface area contributed by atoms with E-state index in [4.69, 9.17) is 9.47 Å². The fourth-order valence-electron chi connectivity index (χ4n) is 2.62. The van der Waals surface area contributed by atoms with E-state index in [0.29, 0.717) is 37.7 Å². The molecule has 0 radical (unpaired) electrons. The molecule has 3 rings (SSSR count). The number of amides is 1. The Labute approximate surface area is 121 Å². The van der Waals surface area contributed by atoms with Crippen molar-refractivity contribution >= 4 is 17.5 Å². The molecule has 1 N–H and O–H groups in total. The van der Waals surface area contributed by atoms with Gasteiger partial charge in [-0.15, -0.1) is 0 Å². The third-order valence-corrected chi connectivity index (χ3v) is 3.73. The molecule has 0 aromatic heterocycles. The van der Waals surface area contributed by atoms with Crippen LogP contribution in [0, 0.1) is 5.82 Å². The van der Waals surface area contributed by atoms with Crippen LogP contribution >= 0.6 is 0 Å². The van der Waals surface area contributed by atoms with Gasteiger partial charge in [0.25, 0.3) is 0 Å². The van der Waals surface area contributed by atoms with Crippen molar-refractivity contribution in [1.29, 1.82) is 0 Å². The van der Waals surface area contributed by atoms with Crippen molar-refractivity contribution in [3.63, 3.8) is 0 Å². The summed E-state index contributed by atoms with van der Waals surface area (Å²) in [6.07, 6.45) is -0.562. The Balaban J connectivity index is 1.85. The van der Waals surface area contributed by atoms with Crippen molar-refractivity contribution in [3.8, 4) is 0 Å². The maximum absolute atomic E-state index is 14.3. The second-order valence-corrected chi connectivity index (χ2v) is 5.02. The summed E-state index contributed by atoms with van der Waals surface area (Å²) in [5.74, 6) is -0.397. The Morgan fingerprint density at radius 3 is 2.76 bits per heavy atom. The minimum atomic E-state index is -0.562. The molecule has 7 heteroatoms. The van der Waals surface area contributed by atoms with Crippen molar-refractivity contribution in [3.05, 3.63) is 24.0 Å². The topological polar surface area (TPSA) is 62.2 Å². The molecule has 0 spiro atoms. The Morgan fingerprint density at radius 2 is 2.10 bits per heavy atom. The zero-order chi connectivity index (χ0) is 14.8. The molecule has 0 unspecified atom stereocenters. The van der Waals surface area contributed by atoms with Gasteiger partial charge in [-0.3, -0.25) is 4.90 Å². The number of morpholine rings is 1. The monoisotopic (exact) mass is 296 g/mol. The Morgan fingerprint density at radius 1 is 1.33 bits per heavy atom. The van der Waals surface area contributed by atoms with Gasteiger partial charge in [-0.2, -0.15) is 0 Å². The van der Waals surface area contributed by atoms with Gasteiger partial charge < -0.3 is 19.5 Å². The number of anilines is 2. The molecule has 1 aromatic rings. The van der Waals surface area contributed by atoms with Crippen molar-refractivity contribution in [1.82, 2.24) is 0 Å². The third-order valence-electron chi connectivity index (χ3n) is 3.73. The van der Waals surface area contributed by atoms with Crippen LogP contribution in [-0.4, -0.2) is 56.8 Å². The fraction of sp³-hybridized carbons (Fsp3) is 0.500. The molecule has 1 amide bonds. The molecule has 0 saturated carbocycles. The zero-order valence-electron chi connectivity index (χ0n) is 11.5. The van der Waals surface area contributed by atoms with Crippen LogP contribution in [-0.2, 0) is 9.47 Å². The van der Waals surface area contributed by atoms with Crippen molar-refractivity contribution < 1.29 is 23.8 Å². The number of cyclic esters (lactones) is 1. The van der Waals surface area contributed by atoms with Gasteiger partial charge in [0.1, 0.15) is 12.4 Å². The van der Waals surface area contributed by atoms with E-state index in [0.717, 1.165) is 0 Å². The third kappa shape index (κ3) is 2.66. The molecule has 0 bridgehead atoms. The lowest BCUT2D eigenvalue weighted by atomic mass is 10.2. The van der Waals surface area contributed by atoms with E-state index < -0.39 is 18.0 Å². The van der Waals surface area contributed by atoms with Gasteiger partial charge in [0.15, 0.2) is 0 Å². The number of halogens is 1. The van der Waals surface area contributed by atoms with Crippen LogP contribution in [0.5, 0.6) is 0 Å². The standard InChI is InChI=1S/C14H17FN2O4/c15-12-7-10(17-11(8-18)9-21-14(17)19)1-2-13(12)16-3-5-20-6-4-16/h1-2,7,11,18H,3-6,8-9H2/t11-/m1/s1. The SMILES string of the molecule is O=C1OC[C@@H](CO)N1c1ccc(N2CCOCC2)c(F)c1. The number of hydrogen-bond donors (Lipinski definition) is 1. The molecule has 0 aliphatic carbocycles. The number of hydrogen-bond acceptors (Lipinski definition) is 5. The van der Waals surface area contributed by atoms with E-state index in [1.54, 1.807) is 12.1 Å². The van der Waals surface area contributed by atoms with Gasteiger partial charge in [-0.25, -0.2) is 9.18 Å². The maximum atomic E-state index is 14.3. The molecule has 2 aliphatic heterocycles. The van der Waals surface area contributed by atoms with Crippen LogP contribution in [0.1, 0.15) is 0 Å². The van der Waals surface area contributed by atoms with Gasteiger partial charge in [0, 0.05) is 13.1 Å². The minimum absolute atomic E-state index is 0.113. The predicted molar refractivity (Wildman–Crippen MR) is 74.1 cm³/mol. The summed E-state index contributed by atoms with van der Waals surface area (Å²) >= 11 is 0. The number of rotatable bonds is 3. The molecule has 21 heavy (non-hydrogen) atoms. The quantitative estimate of drug-likeness (QED) is 0.901. The lowest BCUT2D eigenvalue weighted by Gasteiger charge is -2.29. The zero-order valence-corrected chi connectivity index (χ0v) is 11.5.